The molecule has 39 heavy (non-hydrogen) atoms. The van der Waals surface area contributed by atoms with Crippen LogP contribution in [-0.4, -0.2) is 53.2 Å². The van der Waals surface area contributed by atoms with Crippen molar-refractivity contribution in [3.63, 3.8) is 0 Å². The first-order valence-electron chi connectivity index (χ1n) is 13.5. The molecule has 1 aromatic rings. The Hall–Kier alpha value is -3.26. The highest BCUT2D eigenvalue weighted by atomic mass is 16.6. The number of carbonyl (C=O) groups is 4. The zero-order valence-electron chi connectivity index (χ0n) is 23.4. The van der Waals surface area contributed by atoms with Gasteiger partial charge in [0.05, 0.1) is 18.1 Å². The van der Waals surface area contributed by atoms with E-state index >= 15 is 0 Å². The van der Waals surface area contributed by atoms with E-state index < -0.39 is 59.9 Å². The van der Waals surface area contributed by atoms with Gasteiger partial charge in [-0.1, -0.05) is 51.1 Å². The maximum absolute atomic E-state index is 14.4. The van der Waals surface area contributed by atoms with E-state index in [1.54, 1.807) is 37.3 Å². The van der Waals surface area contributed by atoms with E-state index in [9.17, 15) is 24.3 Å². The quantitative estimate of drug-likeness (QED) is 0.337. The lowest BCUT2D eigenvalue weighted by molar-refractivity contribution is -0.179. The second kappa shape index (κ2) is 10.7. The summed E-state index contributed by atoms with van der Waals surface area (Å²) in [4.78, 5) is 52.6. The van der Waals surface area contributed by atoms with E-state index in [-0.39, 0.29) is 23.7 Å². The molecule has 2 fully saturated rings. The smallest absolute Gasteiger partial charge is 0.338 e. The maximum atomic E-state index is 14.4. The van der Waals surface area contributed by atoms with Crippen molar-refractivity contribution in [1.82, 2.24) is 0 Å². The summed E-state index contributed by atoms with van der Waals surface area (Å²) < 4.78 is 17.8. The molecule has 0 saturated heterocycles. The van der Waals surface area contributed by atoms with Crippen molar-refractivity contribution in [1.29, 1.82) is 0 Å². The number of benzene rings is 1. The number of carbonyl (C=O) groups excluding carboxylic acids is 4. The minimum absolute atomic E-state index is 0.0575. The van der Waals surface area contributed by atoms with Crippen molar-refractivity contribution >= 4 is 23.7 Å². The molecule has 210 valence electrons. The highest BCUT2D eigenvalue weighted by Gasteiger charge is 2.65. The molecule has 0 amide bonds. The number of esters is 3. The van der Waals surface area contributed by atoms with E-state index in [2.05, 4.69) is 13.8 Å². The van der Waals surface area contributed by atoms with Gasteiger partial charge in [0, 0.05) is 20.3 Å². The third kappa shape index (κ3) is 5.31. The van der Waals surface area contributed by atoms with Crippen LogP contribution in [0.25, 0.3) is 0 Å². The van der Waals surface area contributed by atoms with Gasteiger partial charge < -0.3 is 19.3 Å². The Bertz CT molecular complexity index is 1210. The lowest BCUT2D eigenvalue weighted by Gasteiger charge is -2.39. The number of fused-ring (bicyclic) bond motifs is 2. The Labute approximate surface area is 229 Å². The fourth-order valence-corrected chi connectivity index (χ4v) is 6.73. The predicted molar refractivity (Wildman–Crippen MR) is 142 cm³/mol. The summed E-state index contributed by atoms with van der Waals surface area (Å²) in [5.41, 5.74) is -0.702. The van der Waals surface area contributed by atoms with Gasteiger partial charge in [0.1, 0.15) is 12.2 Å². The molecule has 1 aromatic carbocycles. The van der Waals surface area contributed by atoms with Crippen LogP contribution in [0.3, 0.4) is 0 Å². The minimum Gasteiger partial charge on any atom is -0.458 e. The molecule has 8 nitrogen and oxygen atoms in total. The van der Waals surface area contributed by atoms with E-state index in [4.69, 9.17) is 14.2 Å². The monoisotopic (exact) mass is 538 g/mol. The van der Waals surface area contributed by atoms with Crippen LogP contribution in [0.4, 0.5) is 0 Å². The summed E-state index contributed by atoms with van der Waals surface area (Å²) in [6, 6.07) is 8.44. The Morgan fingerprint density at radius 3 is 2.31 bits per heavy atom. The van der Waals surface area contributed by atoms with Crippen LogP contribution in [0, 0.1) is 29.1 Å². The SMILES string of the molecule is CC(=O)O[C@H]1C(CO)=CC[C@H]2[C@@H](C=C(C)C(=O)[C@@]3(OC(C)=O)C[C@H](C)[C@H](OC(=O)c4ccccc4)[C@H]13)C2(C)C. The summed E-state index contributed by atoms with van der Waals surface area (Å²) in [5.74, 6) is -3.53. The molecule has 0 heterocycles. The van der Waals surface area contributed by atoms with Crippen LogP contribution in [0.1, 0.15) is 64.7 Å². The Balaban J connectivity index is 1.91. The van der Waals surface area contributed by atoms with E-state index in [1.165, 1.54) is 13.8 Å². The molecule has 4 rings (SSSR count). The van der Waals surface area contributed by atoms with E-state index in [0.29, 0.717) is 23.1 Å². The second-order valence-electron chi connectivity index (χ2n) is 11.8. The van der Waals surface area contributed by atoms with Crippen LogP contribution in [0.5, 0.6) is 0 Å². The Morgan fingerprint density at radius 2 is 1.72 bits per heavy atom. The molecular weight excluding hydrogens is 500 g/mol. The summed E-state index contributed by atoms with van der Waals surface area (Å²) in [5, 5.41) is 10.5. The third-order valence-electron chi connectivity index (χ3n) is 8.77. The topological polar surface area (TPSA) is 116 Å². The van der Waals surface area contributed by atoms with Crippen LogP contribution in [-0.2, 0) is 28.6 Å². The number of ether oxygens (including phenoxy) is 3. The van der Waals surface area contributed by atoms with Gasteiger partial charge in [-0.25, -0.2) is 4.79 Å². The van der Waals surface area contributed by atoms with Gasteiger partial charge in [-0.2, -0.15) is 0 Å². The average molecular weight is 539 g/mol. The van der Waals surface area contributed by atoms with Crippen molar-refractivity contribution in [3.8, 4) is 0 Å². The van der Waals surface area contributed by atoms with Crippen LogP contribution in [0.15, 0.2) is 53.6 Å². The van der Waals surface area contributed by atoms with Crippen molar-refractivity contribution in [3.05, 3.63) is 59.2 Å². The van der Waals surface area contributed by atoms with Gasteiger partial charge in [0.2, 0.25) is 5.78 Å². The number of aliphatic hydroxyl groups is 1. The number of allylic oxidation sites excluding steroid dienone is 2. The molecule has 0 spiro atoms. The molecule has 3 aliphatic carbocycles. The number of rotatable bonds is 5. The van der Waals surface area contributed by atoms with Crippen molar-refractivity contribution in [2.75, 3.05) is 6.61 Å². The average Bonchev–Trinajstić information content (AvgIpc) is 3.26. The van der Waals surface area contributed by atoms with Gasteiger partial charge in [-0.05, 0) is 59.8 Å². The largest absolute Gasteiger partial charge is 0.458 e. The highest BCUT2D eigenvalue weighted by molar-refractivity contribution is 6.03. The number of ketones is 1. The van der Waals surface area contributed by atoms with E-state index in [1.807, 2.05) is 19.1 Å². The van der Waals surface area contributed by atoms with Gasteiger partial charge in [0.15, 0.2) is 5.60 Å². The molecule has 1 N–H and O–H groups in total. The zero-order valence-corrected chi connectivity index (χ0v) is 23.4. The van der Waals surface area contributed by atoms with Gasteiger partial charge in [-0.15, -0.1) is 0 Å². The Kier molecular flexibility index (Phi) is 7.90. The molecule has 3 aliphatic rings. The van der Waals surface area contributed by atoms with Crippen LogP contribution < -0.4 is 0 Å². The third-order valence-corrected chi connectivity index (χ3v) is 8.77. The molecule has 8 heteroatoms. The fraction of sp³-hybridized carbons (Fsp3) is 0.548. The van der Waals surface area contributed by atoms with Gasteiger partial charge >= 0.3 is 17.9 Å². The summed E-state index contributed by atoms with van der Waals surface area (Å²) in [6.07, 6.45) is 2.33. The molecule has 0 radical (unpaired) electrons. The summed E-state index contributed by atoms with van der Waals surface area (Å²) in [7, 11) is 0. The first-order chi connectivity index (χ1) is 18.3. The first-order valence-corrected chi connectivity index (χ1v) is 13.5. The second-order valence-corrected chi connectivity index (χ2v) is 11.8. The fourth-order valence-electron chi connectivity index (χ4n) is 6.73. The zero-order chi connectivity index (χ0) is 28.7. The summed E-state index contributed by atoms with van der Waals surface area (Å²) in [6.45, 7) is 9.79. The Morgan fingerprint density at radius 1 is 1.05 bits per heavy atom. The number of Topliss-reactive ketones (excluding diaryl/α,β-unsaturated/α-hetero) is 1. The van der Waals surface area contributed by atoms with Gasteiger partial charge in [0.25, 0.3) is 0 Å². The molecule has 2 saturated carbocycles. The lowest BCUT2D eigenvalue weighted by atomic mass is 9.77. The van der Waals surface area contributed by atoms with Gasteiger partial charge in [-0.3, -0.25) is 14.4 Å². The standard InChI is InChI=1S/C31H38O8/c1-17-14-24-23(30(24,5)6)13-12-22(16-32)27(37-19(3)33)25-26(38-29(36)21-10-8-7-9-11-21)18(2)15-31(25,28(17)35)39-20(4)34/h7-12,14,18,23-27,32H,13,15-16H2,1-6H3/t18-,23-,24+,25+,26-,27-,31+/m0/s1. The highest BCUT2D eigenvalue weighted by Crippen LogP contribution is 2.62. The van der Waals surface area contributed by atoms with E-state index in [0.717, 1.165) is 0 Å². The maximum Gasteiger partial charge on any atom is 0.338 e. The molecule has 7 atom stereocenters. The normalized spacial score (nSPS) is 33.4. The molecule has 0 aliphatic heterocycles. The van der Waals surface area contributed by atoms with Crippen molar-refractivity contribution < 1.29 is 38.5 Å². The lowest BCUT2D eigenvalue weighted by Crippen LogP contribution is -2.55. The van der Waals surface area contributed by atoms with Crippen LogP contribution in [0.2, 0.25) is 0 Å². The molecular formula is C31H38O8. The van der Waals surface area contributed by atoms with Crippen molar-refractivity contribution in [2.24, 2.45) is 29.1 Å². The molecule has 0 unspecified atom stereocenters. The molecule has 0 bridgehead atoms. The number of hydrogen-bond acceptors (Lipinski definition) is 8. The summed E-state index contributed by atoms with van der Waals surface area (Å²) >= 11 is 0. The first kappa shape index (κ1) is 28.7. The number of aliphatic hydroxyl groups excluding tert-OH is 1. The van der Waals surface area contributed by atoms with Crippen LogP contribution >= 0.6 is 0 Å². The minimum atomic E-state index is -1.78. The van der Waals surface area contributed by atoms with Crippen molar-refractivity contribution in [2.45, 2.75) is 72.2 Å². The molecule has 0 aromatic heterocycles. The number of hydrogen-bond donors (Lipinski definition) is 1. The predicted octanol–water partition coefficient (Wildman–Crippen LogP) is 4.21.